The number of thiophene rings is 1. The second-order valence-corrected chi connectivity index (χ2v) is 8.26. The number of nitrogens with zero attached hydrogens (tertiary/aromatic N) is 3. The van der Waals surface area contributed by atoms with Crippen LogP contribution < -0.4 is 5.32 Å². The highest BCUT2D eigenvalue weighted by Crippen LogP contribution is 2.35. The zero-order valence-corrected chi connectivity index (χ0v) is 16.5. The monoisotopic (exact) mass is 374 g/mol. The maximum absolute atomic E-state index is 12.2. The van der Waals surface area contributed by atoms with Gasteiger partial charge in [0.25, 0.3) is 0 Å². The molecule has 1 aliphatic carbocycles. The summed E-state index contributed by atoms with van der Waals surface area (Å²) in [7, 11) is 0. The fourth-order valence-electron chi connectivity index (χ4n) is 3.78. The summed E-state index contributed by atoms with van der Waals surface area (Å²) in [5, 5.41) is 4.61. The molecule has 4 rings (SSSR count). The van der Waals surface area contributed by atoms with Gasteiger partial charge in [-0.2, -0.15) is 0 Å². The molecule has 7 heteroatoms. The van der Waals surface area contributed by atoms with Crippen molar-refractivity contribution in [1.29, 1.82) is 0 Å². The van der Waals surface area contributed by atoms with Crippen LogP contribution in [0, 0.1) is 13.8 Å². The smallest absolute Gasteiger partial charge is 0.348 e. The predicted molar refractivity (Wildman–Crippen MR) is 104 cm³/mol. The van der Waals surface area contributed by atoms with E-state index in [1.807, 2.05) is 20.8 Å². The van der Waals surface area contributed by atoms with E-state index in [-0.39, 0.29) is 5.97 Å². The Balaban J connectivity index is 1.58. The Hall–Kier alpha value is -1.73. The molecule has 0 atom stereocenters. The number of carbonyl (C=O) groups excluding carboxylic acids is 1. The first-order valence-electron chi connectivity index (χ1n) is 9.52. The number of ether oxygens (including phenoxy) is 1. The molecule has 1 saturated heterocycles. The molecule has 6 nitrogen and oxygen atoms in total. The minimum Gasteiger partial charge on any atom is -0.462 e. The van der Waals surface area contributed by atoms with Crippen molar-refractivity contribution >= 4 is 33.3 Å². The Labute approximate surface area is 158 Å². The molecule has 2 fully saturated rings. The van der Waals surface area contributed by atoms with Gasteiger partial charge in [0.05, 0.1) is 12.0 Å². The van der Waals surface area contributed by atoms with Crippen LogP contribution in [0.15, 0.2) is 0 Å². The molecule has 0 unspecified atom stereocenters. The number of piperidine rings is 1. The second-order valence-electron chi connectivity index (χ2n) is 7.26. The molecule has 2 aromatic heterocycles. The summed E-state index contributed by atoms with van der Waals surface area (Å²) >= 11 is 1.40. The molecule has 2 aliphatic rings. The zero-order chi connectivity index (χ0) is 18.3. The van der Waals surface area contributed by atoms with Crippen molar-refractivity contribution < 1.29 is 9.53 Å². The minimum absolute atomic E-state index is 0.269. The van der Waals surface area contributed by atoms with Crippen molar-refractivity contribution in [3.05, 3.63) is 16.3 Å². The topological polar surface area (TPSA) is 67.3 Å². The number of rotatable bonds is 5. The normalized spacial score (nSPS) is 19.0. The number of aryl methyl sites for hydroxylation is 2. The molecule has 2 aromatic rings. The molecule has 1 saturated carbocycles. The van der Waals surface area contributed by atoms with Crippen molar-refractivity contribution in [1.82, 2.24) is 14.9 Å². The lowest BCUT2D eigenvalue weighted by molar-refractivity contribution is 0.0531. The summed E-state index contributed by atoms with van der Waals surface area (Å²) in [6.07, 6.45) is 5.01. The van der Waals surface area contributed by atoms with E-state index in [1.165, 1.54) is 24.2 Å². The Morgan fingerprint density at radius 1 is 1.23 bits per heavy atom. The van der Waals surface area contributed by atoms with Crippen LogP contribution in [0.3, 0.4) is 0 Å². The first-order valence-corrected chi connectivity index (χ1v) is 10.3. The van der Waals surface area contributed by atoms with Crippen LogP contribution >= 0.6 is 11.3 Å². The predicted octanol–water partition coefficient (Wildman–Crippen LogP) is 3.52. The first kappa shape index (κ1) is 17.7. The van der Waals surface area contributed by atoms with Crippen LogP contribution in [0.2, 0.25) is 0 Å². The van der Waals surface area contributed by atoms with Gasteiger partial charge in [0.15, 0.2) is 0 Å². The zero-order valence-electron chi connectivity index (χ0n) is 15.7. The molecule has 1 N–H and O–H groups in total. The quantitative estimate of drug-likeness (QED) is 0.808. The van der Waals surface area contributed by atoms with E-state index < -0.39 is 0 Å². The van der Waals surface area contributed by atoms with Crippen molar-refractivity contribution in [2.24, 2.45) is 0 Å². The lowest BCUT2D eigenvalue weighted by atomic mass is 10.0. The number of likely N-dealkylation sites (tertiary alicyclic amines) is 1. The fourth-order valence-corrected chi connectivity index (χ4v) is 4.90. The average molecular weight is 375 g/mol. The largest absolute Gasteiger partial charge is 0.462 e. The Morgan fingerprint density at radius 3 is 2.62 bits per heavy atom. The van der Waals surface area contributed by atoms with Gasteiger partial charge in [-0.15, -0.1) is 11.3 Å². The molecule has 0 radical (unpaired) electrons. The van der Waals surface area contributed by atoms with Crippen molar-refractivity contribution in [3.8, 4) is 0 Å². The molecule has 0 bridgehead atoms. The Kier molecular flexibility index (Phi) is 4.84. The first-order chi connectivity index (χ1) is 12.6. The van der Waals surface area contributed by atoms with Crippen molar-refractivity contribution in [3.63, 3.8) is 0 Å². The summed E-state index contributed by atoms with van der Waals surface area (Å²) in [5.74, 6) is 1.32. The van der Waals surface area contributed by atoms with E-state index in [0.29, 0.717) is 17.5 Å². The highest BCUT2D eigenvalue weighted by atomic mass is 32.1. The molecule has 140 valence electrons. The Morgan fingerprint density at radius 2 is 1.96 bits per heavy atom. The van der Waals surface area contributed by atoms with Crippen LogP contribution in [0.5, 0.6) is 0 Å². The molecule has 3 heterocycles. The minimum atomic E-state index is -0.269. The number of hydrogen-bond donors (Lipinski definition) is 1. The van der Waals surface area contributed by atoms with E-state index in [4.69, 9.17) is 4.74 Å². The number of nitrogens with one attached hydrogen (secondary N) is 1. The van der Waals surface area contributed by atoms with Gasteiger partial charge in [0, 0.05) is 25.2 Å². The Bertz CT molecular complexity index is 823. The van der Waals surface area contributed by atoms with Crippen LogP contribution in [0.1, 0.15) is 53.7 Å². The highest BCUT2D eigenvalue weighted by molar-refractivity contribution is 7.20. The maximum atomic E-state index is 12.2. The van der Waals surface area contributed by atoms with Gasteiger partial charge in [-0.1, -0.05) is 0 Å². The third kappa shape index (κ3) is 3.42. The van der Waals surface area contributed by atoms with E-state index in [0.717, 1.165) is 59.4 Å². The van der Waals surface area contributed by atoms with Crippen molar-refractivity contribution in [2.45, 2.75) is 58.5 Å². The van der Waals surface area contributed by atoms with Crippen molar-refractivity contribution in [2.75, 3.05) is 25.0 Å². The molecule has 1 aliphatic heterocycles. The average Bonchev–Trinajstić information content (AvgIpc) is 3.40. The summed E-state index contributed by atoms with van der Waals surface area (Å²) in [6, 6.07) is 1.27. The van der Waals surface area contributed by atoms with Gasteiger partial charge < -0.3 is 15.0 Å². The standard InChI is InChI=1S/C19H26N4O2S/c1-4-25-19(24)16-11(2)15-17(20-12(3)21-18(15)26-16)22-13-7-9-23(10-8-13)14-5-6-14/h13-14H,4-10H2,1-3H3,(H,20,21,22). The van der Waals surface area contributed by atoms with E-state index >= 15 is 0 Å². The van der Waals surface area contributed by atoms with Gasteiger partial charge in [0.2, 0.25) is 0 Å². The summed E-state index contributed by atoms with van der Waals surface area (Å²) < 4.78 is 5.20. The van der Waals surface area contributed by atoms with Gasteiger partial charge in [-0.25, -0.2) is 14.8 Å². The van der Waals surface area contributed by atoms with Gasteiger partial charge in [0.1, 0.15) is 21.3 Å². The number of esters is 1. The van der Waals surface area contributed by atoms with Gasteiger partial charge >= 0.3 is 5.97 Å². The third-order valence-electron chi connectivity index (χ3n) is 5.30. The molecular weight excluding hydrogens is 348 g/mol. The number of carbonyl (C=O) groups is 1. The lowest BCUT2D eigenvalue weighted by Gasteiger charge is -2.32. The third-order valence-corrected chi connectivity index (χ3v) is 6.46. The maximum Gasteiger partial charge on any atom is 0.348 e. The van der Waals surface area contributed by atoms with Gasteiger partial charge in [-0.3, -0.25) is 0 Å². The fraction of sp³-hybridized carbons (Fsp3) is 0.632. The summed E-state index contributed by atoms with van der Waals surface area (Å²) in [4.78, 5) is 25.6. The van der Waals surface area contributed by atoms with Crippen LogP contribution in [0.4, 0.5) is 5.82 Å². The molecule has 26 heavy (non-hydrogen) atoms. The summed E-state index contributed by atoms with van der Waals surface area (Å²) in [6.45, 7) is 8.38. The van der Waals surface area contributed by atoms with E-state index in [2.05, 4.69) is 20.2 Å². The molecule has 0 amide bonds. The van der Waals surface area contributed by atoms with Crippen LogP contribution in [-0.4, -0.2) is 52.6 Å². The number of anilines is 1. The highest BCUT2D eigenvalue weighted by Gasteiger charge is 2.32. The van der Waals surface area contributed by atoms with Crippen LogP contribution in [-0.2, 0) is 4.74 Å². The van der Waals surface area contributed by atoms with Crippen LogP contribution in [0.25, 0.3) is 10.2 Å². The lowest BCUT2D eigenvalue weighted by Crippen LogP contribution is -2.40. The second kappa shape index (κ2) is 7.12. The molecular formula is C19H26N4O2S. The van der Waals surface area contributed by atoms with Gasteiger partial charge in [-0.05, 0) is 52.0 Å². The number of fused-ring (bicyclic) bond motifs is 1. The number of aromatic nitrogens is 2. The van der Waals surface area contributed by atoms with E-state index in [9.17, 15) is 4.79 Å². The summed E-state index contributed by atoms with van der Waals surface area (Å²) in [5.41, 5.74) is 0.918. The SMILES string of the molecule is CCOC(=O)c1sc2nc(C)nc(NC3CCN(C4CC4)CC3)c2c1C. The molecule has 0 spiro atoms. The molecule has 0 aromatic carbocycles. The van der Waals surface area contributed by atoms with E-state index in [1.54, 1.807) is 0 Å². The number of hydrogen-bond acceptors (Lipinski definition) is 7.